The van der Waals surface area contributed by atoms with Gasteiger partial charge in [0, 0.05) is 24.5 Å². The van der Waals surface area contributed by atoms with E-state index in [9.17, 15) is 9.59 Å². The molecule has 2 atom stereocenters. The monoisotopic (exact) mass is 580 g/mol. The summed E-state index contributed by atoms with van der Waals surface area (Å²) in [7, 11) is 0. The van der Waals surface area contributed by atoms with E-state index in [1.807, 2.05) is 49.4 Å². The van der Waals surface area contributed by atoms with Crippen molar-refractivity contribution in [3.8, 4) is 0 Å². The molecule has 4 N–H and O–H groups in total. The van der Waals surface area contributed by atoms with Crippen molar-refractivity contribution in [2.75, 3.05) is 19.6 Å². The van der Waals surface area contributed by atoms with Gasteiger partial charge in [0.1, 0.15) is 11.9 Å². The first-order chi connectivity index (χ1) is 21.1. The van der Waals surface area contributed by atoms with E-state index in [-0.39, 0.29) is 17.9 Å². The number of likely N-dealkylation sites (tertiary alicyclic amines) is 1. The van der Waals surface area contributed by atoms with Crippen LogP contribution in [-0.4, -0.2) is 52.4 Å². The number of aromatic amines is 1. The fraction of sp³-hybridized carbons (Fsp3) is 0.400. The highest BCUT2D eigenvalue weighted by molar-refractivity contribution is 5.97. The Kier molecular flexibility index (Phi) is 10.9. The summed E-state index contributed by atoms with van der Waals surface area (Å²) in [4.78, 5) is 36.8. The van der Waals surface area contributed by atoms with Gasteiger partial charge in [0.2, 0.25) is 5.91 Å². The summed E-state index contributed by atoms with van der Waals surface area (Å²) in [5.74, 6) is 0.497. The van der Waals surface area contributed by atoms with E-state index in [2.05, 4.69) is 55.1 Å². The number of hydrogen-bond donors (Lipinski definition) is 4. The molecular formula is C35H44N6O2. The standard InChI is InChI=1S/C35H44N6O2/c1-26(30-13-8-11-28-10-4-5-12-31(28)30)39-35(43)32(14-9-23-41-21-6-2-3-7-22-41)40-34(42)29-17-15-27(16-18-29)24-36-25-33-37-19-20-38-33/h4-5,8,10-13,15-20,26,32,36H,2-3,6-7,9,14,21-25H2,1H3,(H,37,38)(H,39,43)(H,40,42)/t26-,32-/m0/s1. The van der Waals surface area contributed by atoms with Gasteiger partial charge in [-0.05, 0) is 86.3 Å². The third-order valence-electron chi connectivity index (χ3n) is 8.33. The van der Waals surface area contributed by atoms with Crippen molar-refractivity contribution in [3.63, 3.8) is 0 Å². The second-order valence-corrected chi connectivity index (χ2v) is 11.6. The van der Waals surface area contributed by atoms with Gasteiger partial charge in [-0.2, -0.15) is 0 Å². The summed E-state index contributed by atoms with van der Waals surface area (Å²) in [6.45, 7) is 6.48. The largest absolute Gasteiger partial charge is 0.348 e. The van der Waals surface area contributed by atoms with E-state index in [4.69, 9.17) is 0 Å². The molecular weight excluding hydrogens is 536 g/mol. The highest BCUT2D eigenvalue weighted by Gasteiger charge is 2.24. The van der Waals surface area contributed by atoms with Crippen LogP contribution in [0.1, 0.15) is 78.8 Å². The molecule has 8 heteroatoms. The van der Waals surface area contributed by atoms with Crippen molar-refractivity contribution < 1.29 is 9.59 Å². The van der Waals surface area contributed by atoms with Crippen LogP contribution in [0.15, 0.2) is 79.1 Å². The Morgan fingerprint density at radius 3 is 2.44 bits per heavy atom. The van der Waals surface area contributed by atoms with Crippen LogP contribution in [0.5, 0.6) is 0 Å². The number of fused-ring (bicyclic) bond motifs is 1. The van der Waals surface area contributed by atoms with Crippen LogP contribution in [0.25, 0.3) is 10.8 Å². The Labute approximate surface area is 254 Å². The van der Waals surface area contributed by atoms with Gasteiger partial charge >= 0.3 is 0 Å². The number of H-pyrrole nitrogens is 1. The SMILES string of the molecule is C[C@H](NC(=O)[C@H](CCCN1CCCCCC1)NC(=O)c1ccc(CNCc2ncc[nH]2)cc1)c1cccc2ccccc12. The van der Waals surface area contributed by atoms with Gasteiger partial charge in [-0.15, -0.1) is 0 Å². The Bertz CT molecular complexity index is 1440. The summed E-state index contributed by atoms with van der Waals surface area (Å²) >= 11 is 0. The second kappa shape index (κ2) is 15.5. The number of benzene rings is 3. The van der Waals surface area contributed by atoms with E-state index in [1.165, 1.54) is 25.7 Å². The molecule has 0 aliphatic carbocycles. The second-order valence-electron chi connectivity index (χ2n) is 11.6. The van der Waals surface area contributed by atoms with Crippen LogP contribution >= 0.6 is 0 Å². The van der Waals surface area contributed by atoms with Gasteiger partial charge in [0.05, 0.1) is 12.6 Å². The van der Waals surface area contributed by atoms with Crippen molar-refractivity contribution in [1.82, 2.24) is 30.8 Å². The molecule has 4 aromatic rings. The smallest absolute Gasteiger partial charge is 0.251 e. The lowest BCUT2D eigenvalue weighted by Crippen LogP contribution is -2.47. The molecule has 43 heavy (non-hydrogen) atoms. The van der Waals surface area contributed by atoms with Crippen LogP contribution in [0.4, 0.5) is 0 Å². The Hall–Kier alpha value is -4.01. The van der Waals surface area contributed by atoms with Crippen LogP contribution in [0.2, 0.25) is 0 Å². The van der Waals surface area contributed by atoms with Crippen LogP contribution in [0, 0.1) is 0 Å². The minimum atomic E-state index is -0.619. The normalized spacial score (nSPS) is 15.5. The number of carbonyl (C=O) groups excluding carboxylic acids is 2. The van der Waals surface area contributed by atoms with E-state index in [0.717, 1.165) is 53.8 Å². The Balaban J connectivity index is 1.22. The zero-order chi connectivity index (χ0) is 29.9. The van der Waals surface area contributed by atoms with Crippen molar-refractivity contribution in [2.24, 2.45) is 0 Å². The number of hydrogen-bond acceptors (Lipinski definition) is 5. The maximum atomic E-state index is 13.7. The molecule has 1 saturated heterocycles. The summed E-state index contributed by atoms with van der Waals surface area (Å²) in [6.07, 6.45) is 10.0. The van der Waals surface area contributed by atoms with Crippen LogP contribution in [0.3, 0.4) is 0 Å². The lowest BCUT2D eigenvalue weighted by atomic mass is 9.99. The average molecular weight is 581 g/mol. The van der Waals surface area contributed by atoms with Crippen molar-refractivity contribution in [2.45, 2.75) is 70.6 Å². The maximum Gasteiger partial charge on any atom is 0.251 e. The molecule has 8 nitrogen and oxygen atoms in total. The average Bonchev–Trinajstić information content (AvgIpc) is 3.42. The van der Waals surface area contributed by atoms with Crippen LogP contribution in [-0.2, 0) is 17.9 Å². The molecule has 2 heterocycles. The van der Waals surface area contributed by atoms with E-state index >= 15 is 0 Å². The molecule has 1 fully saturated rings. The van der Waals surface area contributed by atoms with Gasteiger partial charge in [-0.3, -0.25) is 9.59 Å². The summed E-state index contributed by atoms with van der Waals surface area (Å²) < 4.78 is 0. The minimum absolute atomic E-state index is 0.150. The molecule has 1 aliphatic rings. The molecule has 0 unspecified atom stereocenters. The maximum absolute atomic E-state index is 13.7. The minimum Gasteiger partial charge on any atom is -0.348 e. The number of nitrogens with one attached hydrogen (secondary N) is 4. The molecule has 0 bridgehead atoms. The zero-order valence-corrected chi connectivity index (χ0v) is 25.1. The third-order valence-corrected chi connectivity index (χ3v) is 8.33. The van der Waals surface area contributed by atoms with Gasteiger partial charge in [0.15, 0.2) is 0 Å². The van der Waals surface area contributed by atoms with Crippen molar-refractivity contribution in [3.05, 3.63) is 102 Å². The number of nitrogens with zero attached hydrogens (tertiary/aromatic N) is 2. The first kappa shape index (κ1) is 30.4. The van der Waals surface area contributed by atoms with Gasteiger partial charge in [-0.25, -0.2) is 4.98 Å². The molecule has 1 aromatic heterocycles. The molecule has 0 radical (unpaired) electrons. The molecule has 5 rings (SSSR count). The number of imidazole rings is 1. The Morgan fingerprint density at radius 1 is 0.907 bits per heavy atom. The number of carbonyl (C=O) groups is 2. The van der Waals surface area contributed by atoms with E-state index in [1.54, 1.807) is 12.4 Å². The molecule has 0 spiro atoms. The summed E-state index contributed by atoms with van der Waals surface area (Å²) in [5.41, 5.74) is 2.68. The van der Waals surface area contributed by atoms with E-state index in [0.29, 0.717) is 25.1 Å². The van der Waals surface area contributed by atoms with Crippen molar-refractivity contribution >= 4 is 22.6 Å². The first-order valence-electron chi connectivity index (χ1n) is 15.7. The van der Waals surface area contributed by atoms with Gasteiger partial charge < -0.3 is 25.8 Å². The molecule has 2 amide bonds. The van der Waals surface area contributed by atoms with Crippen LogP contribution < -0.4 is 16.0 Å². The number of amides is 2. The number of rotatable bonds is 13. The Morgan fingerprint density at radius 2 is 1.67 bits per heavy atom. The molecule has 3 aromatic carbocycles. The first-order valence-corrected chi connectivity index (χ1v) is 15.7. The predicted octanol–water partition coefficient (Wildman–Crippen LogP) is 5.48. The molecule has 1 aliphatic heterocycles. The summed E-state index contributed by atoms with van der Waals surface area (Å²) in [6, 6.07) is 21.1. The fourth-order valence-electron chi connectivity index (χ4n) is 5.90. The zero-order valence-electron chi connectivity index (χ0n) is 25.1. The van der Waals surface area contributed by atoms with Crippen molar-refractivity contribution in [1.29, 1.82) is 0 Å². The topological polar surface area (TPSA) is 102 Å². The molecule has 0 saturated carbocycles. The predicted molar refractivity (Wildman–Crippen MR) is 171 cm³/mol. The van der Waals surface area contributed by atoms with E-state index < -0.39 is 6.04 Å². The highest BCUT2D eigenvalue weighted by Crippen LogP contribution is 2.24. The lowest BCUT2D eigenvalue weighted by Gasteiger charge is -2.24. The summed E-state index contributed by atoms with van der Waals surface area (Å²) in [5, 5.41) is 11.9. The highest BCUT2D eigenvalue weighted by atomic mass is 16.2. The quantitative estimate of drug-likeness (QED) is 0.168. The number of aromatic nitrogens is 2. The molecule has 226 valence electrons. The van der Waals surface area contributed by atoms with Gasteiger partial charge in [0.25, 0.3) is 5.91 Å². The fourth-order valence-corrected chi connectivity index (χ4v) is 5.90. The third kappa shape index (κ3) is 8.75. The van der Waals surface area contributed by atoms with Gasteiger partial charge in [-0.1, -0.05) is 67.4 Å². The lowest BCUT2D eigenvalue weighted by molar-refractivity contribution is -0.123.